The normalized spacial score (nSPS) is 18.9. The van der Waals surface area contributed by atoms with Gasteiger partial charge in [-0.05, 0) is 30.2 Å². The molecular formula is C15H16Cl2N2O2. The van der Waals surface area contributed by atoms with Crippen LogP contribution in [-0.2, 0) is 9.59 Å². The fourth-order valence-electron chi connectivity index (χ4n) is 2.26. The topological polar surface area (TPSA) is 49.4 Å². The van der Waals surface area contributed by atoms with Gasteiger partial charge in [0.15, 0.2) is 0 Å². The highest BCUT2D eigenvalue weighted by atomic mass is 35.5. The van der Waals surface area contributed by atoms with Crippen molar-refractivity contribution < 1.29 is 9.59 Å². The average molecular weight is 327 g/mol. The van der Waals surface area contributed by atoms with E-state index in [2.05, 4.69) is 5.32 Å². The first-order valence-corrected chi connectivity index (χ1v) is 7.50. The number of rotatable bonds is 3. The summed E-state index contributed by atoms with van der Waals surface area (Å²) in [5, 5.41) is 3.68. The van der Waals surface area contributed by atoms with E-state index >= 15 is 0 Å². The minimum absolute atomic E-state index is 0.0972. The molecule has 1 aromatic carbocycles. The van der Waals surface area contributed by atoms with Gasteiger partial charge in [0.05, 0.1) is 10.0 Å². The van der Waals surface area contributed by atoms with Crippen molar-refractivity contribution in [2.45, 2.75) is 19.4 Å². The molecule has 0 aliphatic carbocycles. The molecule has 1 unspecified atom stereocenters. The van der Waals surface area contributed by atoms with Crippen molar-refractivity contribution in [3.8, 4) is 0 Å². The minimum atomic E-state index is -0.398. The summed E-state index contributed by atoms with van der Waals surface area (Å²) in [6.07, 6.45) is 3.72. The molecule has 21 heavy (non-hydrogen) atoms. The second-order valence-corrected chi connectivity index (χ2v) is 5.57. The molecule has 2 amide bonds. The van der Waals surface area contributed by atoms with Crippen molar-refractivity contribution >= 4 is 41.1 Å². The summed E-state index contributed by atoms with van der Waals surface area (Å²) < 4.78 is 0. The first-order valence-electron chi connectivity index (χ1n) is 6.74. The lowest BCUT2D eigenvalue weighted by Gasteiger charge is -2.33. The monoisotopic (exact) mass is 326 g/mol. The summed E-state index contributed by atoms with van der Waals surface area (Å²) in [7, 11) is 0. The molecule has 0 saturated carbocycles. The van der Waals surface area contributed by atoms with Crippen LogP contribution in [0.15, 0.2) is 24.3 Å². The second kappa shape index (κ2) is 6.96. The number of halogens is 2. The molecule has 6 heteroatoms. The van der Waals surface area contributed by atoms with E-state index in [1.807, 2.05) is 6.92 Å². The van der Waals surface area contributed by atoms with Crippen LogP contribution in [0.5, 0.6) is 0 Å². The maximum atomic E-state index is 12.2. The number of hydrogen-bond donors (Lipinski definition) is 1. The third-order valence-corrected chi connectivity index (χ3v) is 4.10. The van der Waals surface area contributed by atoms with Crippen LogP contribution in [0.1, 0.15) is 18.9 Å². The van der Waals surface area contributed by atoms with Crippen LogP contribution in [0.3, 0.4) is 0 Å². The van der Waals surface area contributed by atoms with Crippen molar-refractivity contribution in [1.82, 2.24) is 10.2 Å². The number of carbonyl (C=O) groups is 2. The van der Waals surface area contributed by atoms with Gasteiger partial charge in [-0.25, -0.2) is 0 Å². The number of amides is 2. The fourth-order valence-corrected chi connectivity index (χ4v) is 2.57. The Morgan fingerprint density at radius 1 is 1.43 bits per heavy atom. The molecule has 0 spiro atoms. The number of hydrogen-bond acceptors (Lipinski definition) is 2. The summed E-state index contributed by atoms with van der Waals surface area (Å²) >= 11 is 11.8. The van der Waals surface area contributed by atoms with Gasteiger partial charge in [0.1, 0.15) is 6.04 Å². The predicted octanol–water partition coefficient (Wildman–Crippen LogP) is 2.74. The van der Waals surface area contributed by atoms with E-state index in [1.54, 1.807) is 29.2 Å². The van der Waals surface area contributed by atoms with Crippen LogP contribution in [0, 0.1) is 0 Å². The molecule has 2 rings (SSSR count). The molecule has 0 aromatic heterocycles. The standard InChI is InChI=1S/C15H16Cl2N2O2/c1-2-13-15(21)18-7-8-19(13)14(20)6-4-10-3-5-11(16)12(17)9-10/h3-6,9,13H,2,7-8H2,1H3,(H,18,21)/b6-4+. The first kappa shape index (κ1) is 15.9. The lowest BCUT2D eigenvalue weighted by molar-refractivity contribution is -0.140. The van der Waals surface area contributed by atoms with Gasteiger partial charge in [0.25, 0.3) is 0 Å². The molecule has 0 radical (unpaired) electrons. The van der Waals surface area contributed by atoms with Crippen LogP contribution in [0.4, 0.5) is 0 Å². The Balaban J connectivity index is 2.10. The van der Waals surface area contributed by atoms with E-state index in [1.165, 1.54) is 6.08 Å². The molecule has 1 atom stereocenters. The zero-order valence-corrected chi connectivity index (χ0v) is 13.1. The van der Waals surface area contributed by atoms with E-state index in [-0.39, 0.29) is 11.8 Å². The maximum Gasteiger partial charge on any atom is 0.247 e. The Kier molecular flexibility index (Phi) is 5.26. The average Bonchev–Trinajstić information content (AvgIpc) is 2.48. The quantitative estimate of drug-likeness (QED) is 0.868. The van der Waals surface area contributed by atoms with Crippen LogP contribution in [0.25, 0.3) is 6.08 Å². The SMILES string of the molecule is CCC1C(=O)NCCN1C(=O)/C=C/c1ccc(Cl)c(Cl)c1. The van der Waals surface area contributed by atoms with Gasteiger partial charge in [-0.3, -0.25) is 9.59 Å². The van der Waals surface area contributed by atoms with Crippen molar-refractivity contribution in [1.29, 1.82) is 0 Å². The Labute approximate surface area is 133 Å². The smallest absolute Gasteiger partial charge is 0.247 e. The summed E-state index contributed by atoms with van der Waals surface area (Å²) in [5.74, 6) is -0.275. The highest BCUT2D eigenvalue weighted by Gasteiger charge is 2.30. The third kappa shape index (κ3) is 3.77. The molecule has 1 fully saturated rings. The summed E-state index contributed by atoms with van der Waals surface area (Å²) in [4.78, 5) is 25.6. The van der Waals surface area contributed by atoms with Gasteiger partial charge < -0.3 is 10.2 Å². The highest BCUT2D eigenvalue weighted by molar-refractivity contribution is 6.42. The van der Waals surface area contributed by atoms with E-state index in [9.17, 15) is 9.59 Å². The van der Waals surface area contributed by atoms with Gasteiger partial charge in [0.2, 0.25) is 11.8 Å². The number of carbonyl (C=O) groups excluding carboxylic acids is 2. The molecule has 1 N–H and O–H groups in total. The Hall–Kier alpha value is -1.52. The molecule has 1 aliphatic rings. The highest BCUT2D eigenvalue weighted by Crippen LogP contribution is 2.23. The van der Waals surface area contributed by atoms with E-state index in [0.29, 0.717) is 29.6 Å². The molecule has 1 saturated heterocycles. The molecule has 1 aliphatic heterocycles. The van der Waals surface area contributed by atoms with Crippen molar-refractivity contribution in [3.05, 3.63) is 39.9 Å². The van der Waals surface area contributed by atoms with Gasteiger partial charge in [0, 0.05) is 19.2 Å². The van der Waals surface area contributed by atoms with E-state index in [4.69, 9.17) is 23.2 Å². The van der Waals surface area contributed by atoms with Gasteiger partial charge in [-0.1, -0.05) is 36.2 Å². The van der Waals surface area contributed by atoms with Crippen molar-refractivity contribution in [2.24, 2.45) is 0 Å². The molecular weight excluding hydrogens is 311 g/mol. The minimum Gasteiger partial charge on any atom is -0.353 e. The van der Waals surface area contributed by atoms with Crippen molar-refractivity contribution in [2.75, 3.05) is 13.1 Å². The van der Waals surface area contributed by atoms with E-state index in [0.717, 1.165) is 5.56 Å². The van der Waals surface area contributed by atoms with Crippen LogP contribution in [-0.4, -0.2) is 35.8 Å². The summed E-state index contributed by atoms with van der Waals surface area (Å²) in [6.45, 7) is 2.90. The lowest BCUT2D eigenvalue weighted by atomic mass is 10.1. The number of nitrogens with zero attached hydrogens (tertiary/aromatic N) is 1. The van der Waals surface area contributed by atoms with Crippen LogP contribution >= 0.6 is 23.2 Å². The van der Waals surface area contributed by atoms with Crippen molar-refractivity contribution in [3.63, 3.8) is 0 Å². The fraction of sp³-hybridized carbons (Fsp3) is 0.333. The molecule has 112 valence electrons. The predicted molar refractivity (Wildman–Crippen MR) is 84.3 cm³/mol. The van der Waals surface area contributed by atoms with Gasteiger partial charge in [-0.15, -0.1) is 0 Å². The third-order valence-electron chi connectivity index (χ3n) is 3.36. The number of piperazine rings is 1. The lowest BCUT2D eigenvalue weighted by Crippen LogP contribution is -2.56. The second-order valence-electron chi connectivity index (χ2n) is 4.75. The maximum absolute atomic E-state index is 12.2. The Bertz CT molecular complexity index is 587. The molecule has 4 nitrogen and oxygen atoms in total. The van der Waals surface area contributed by atoms with E-state index < -0.39 is 6.04 Å². The molecule has 1 heterocycles. The summed E-state index contributed by atoms with van der Waals surface area (Å²) in [5.41, 5.74) is 0.784. The van der Waals surface area contributed by atoms with Crippen LogP contribution in [0.2, 0.25) is 10.0 Å². The molecule has 0 bridgehead atoms. The molecule has 1 aromatic rings. The zero-order valence-electron chi connectivity index (χ0n) is 11.6. The zero-order chi connectivity index (χ0) is 15.4. The Morgan fingerprint density at radius 2 is 2.19 bits per heavy atom. The first-order chi connectivity index (χ1) is 10.0. The Morgan fingerprint density at radius 3 is 2.86 bits per heavy atom. The number of benzene rings is 1. The van der Waals surface area contributed by atoms with Gasteiger partial charge >= 0.3 is 0 Å². The number of nitrogens with one attached hydrogen (secondary N) is 1. The van der Waals surface area contributed by atoms with Crippen LogP contribution < -0.4 is 5.32 Å². The van der Waals surface area contributed by atoms with Gasteiger partial charge in [-0.2, -0.15) is 0 Å². The summed E-state index contributed by atoms with van der Waals surface area (Å²) in [6, 6.07) is 4.74. The largest absolute Gasteiger partial charge is 0.353 e.